The van der Waals surface area contributed by atoms with Gasteiger partial charge in [-0.1, -0.05) is 231 Å². The second-order valence-corrected chi connectivity index (χ2v) is 15.0. The summed E-state index contributed by atoms with van der Waals surface area (Å²) < 4.78 is 1.98. The molecule has 1 aromatic rings. The Morgan fingerprint density at radius 3 is 1.00 bits per heavy atom. The lowest BCUT2D eigenvalue weighted by atomic mass is 9.94. The average Bonchev–Trinajstić information content (AvgIpc) is 3.53. The summed E-state index contributed by atoms with van der Waals surface area (Å²) in [6.07, 6.45) is 51.8. The number of aliphatic hydroxyl groups excluding tert-OH is 1. The van der Waals surface area contributed by atoms with Gasteiger partial charge in [-0.2, -0.15) is 0 Å². The van der Waals surface area contributed by atoms with Gasteiger partial charge < -0.3 is 5.11 Å². The molecule has 0 radical (unpaired) electrons. The van der Waals surface area contributed by atoms with E-state index in [4.69, 9.17) is 0 Å². The Morgan fingerprint density at radius 2 is 0.739 bits per heavy atom. The molecule has 0 bridgehead atoms. The lowest BCUT2D eigenvalue weighted by molar-refractivity contribution is 0.276. The number of hydrogen-bond acceptors (Lipinski definition) is 3. The number of rotatable bonds is 38. The molecule has 0 saturated heterocycles. The molecule has 4 heteroatoms. The van der Waals surface area contributed by atoms with Crippen molar-refractivity contribution in [2.75, 3.05) is 0 Å². The second kappa shape index (κ2) is 35.4. The first-order valence-corrected chi connectivity index (χ1v) is 21.3. The van der Waals surface area contributed by atoms with Crippen molar-refractivity contribution in [2.24, 2.45) is 5.92 Å². The highest BCUT2D eigenvalue weighted by Gasteiger charge is 2.11. The summed E-state index contributed by atoms with van der Waals surface area (Å²) in [5.41, 5.74) is 0.693. The Kier molecular flexibility index (Phi) is 33.2. The van der Waals surface area contributed by atoms with Crippen molar-refractivity contribution >= 4 is 0 Å². The number of unbranched alkanes of at least 4 members (excludes halogenated alkanes) is 31. The Bertz CT molecular complexity index is 705. The molecule has 1 atom stereocenters. The fraction of sp³-hybridized carbons (Fsp3) is 0.952. The minimum absolute atomic E-state index is 0.0109. The SMILES string of the molecule is CCCCCCCCCCCCCCCCCCCC(CCCCCCCCCCCCCCCCCC)Cn1cc(CO)nn1. The van der Waals surface area contributed by atoms with E-state index in [0.717, 1.165) is 6.54 Å². The Balaban J connectivity index is 2.01. The van der Waals surface area contributed by atoms with Crippen LogP contribution in [-0.4, -0.2) is 20.1 Å². The first kappa shape index (κ1) is 43.1. The van der Waals surface area contributed by atoms with Crippen LogP contribution in [-0.2, 0) is 13.2 Å². The van der Waals surface area contributed by atoms with E-state index in [2.05, 4.69) is 24.2 Å². The molecule has 0 spiro atoms. The first-order chi connectivity index (χ1) is 22.8. The van der Waals surface area contributed by atoms with Gasteiger partial charge in [0.05, 0.1) is 12.8 Å². The van der Waals surface area contributed by atoms with Crippen LogP contribution in [0.2, 0.25) is 0 Å². The third kappa shape index (κ3) is 29.3. The minimum Gasteiger partial charge on any atom is -0.390 e. The zero-order chi connectivity index (χ0) is 33.0. The lowest BCUT2D eigenvalue weighted by Crippen LogP contribution is -2.12. The van der Waals surface area contributed by atoms with Crippen LogP contribution in [0, 0.1) is 5.92 Å². The third-order valence-corrected chi connectivity index (χ3v) is 10.4. The zero-order valence-corrected chi connectivity index (χ0v) is 31.6. The predicted molar refractivity (Wildman–Crippen MR) is 202 cm³/mol. The van der Waals surface area contributed by atoms with Gasteiger partial charge in [-0.15, -0.1) is 5.10 Å². The maximum atomic E-state index is 9.39. The highest BCUT2D eigenvalue weighted by molar-refractivity contribution is 4.89. The highest BCUT2D eigenvalue weighted by Crippen LogP contribution is 2.22. The van der Waals surface area contributed by atoms with Crippen LogP contribution >= 0.6 is 0 Å². The molecule has 0 aliphatic carbocycles. The van der Waals surface area contributed by atoms with Crippen molar-refractivity contribution in [1.29, 1.82) is 0 Å². The minimum atomic E-state index is -0.0109. The van der Waals surface area contributed by atoms with E-state index in [1.165, 1.54) is 225 Å². The molecule has 0 amide bonds. The largest absolute Gasteiger partial charge is 0.390 e. The monoisotopic (exact) mass is 646 g/mol. The third-order valence-electron chi connectivity index (χ3n) is 10.4. The van der Waals surface area contributed by atoms with Crippen LogP contribution < -0.4 is 0 Å². The number of hydrogen-bond donors (Lipinski definition) is 1. The van der Waals surface area contributed by atoms with Gasteiger partial charge in [-0.05, 0) is 18.8 Å². The van der Waals surface area contributed by atoms with Crippen molar-refractivity contribution in [3.63, 3.8) is 0 Å². The van der Waals surface area contributed by atoms with Crippen molar-refractivity contribution < 1.29 is 5.11 Å². The second-order valence-electron chi connectivity index (χ2n) is 15.0. The lowest BCUT2D eigenvalue weighted by Gasteiger charge is -2.17. The summed E-state index contributed by atoms with van der Waals surface area (Å²) in [5, 5.41) is 17.8. The van der Waals surface area contributed by atoms with Crippen LogP contribution in [0.5, 0.6) is 0 Å². The van der Waals surface area contributed by atoms with Gasteiger partial charge in [0.25, 0.3) is 0 Å². The van der Waals surface area contributed by atoms with E-state index in [1.54, 1.807) is 0 Å². The van der Waals surface area contributed by atoms with Crippen molar-refractivity contribution in [1.82, 2.24) is 15.0 Å². The normalized spacial score (nSPS) is 12.3. The standard InChI is InChI=1S/C42H83N3O/c1-3-5-7-9-11-13-15-17-19-21-23-25-27-29-31-33-35-37-41(38-45-39-42(40-46)43-44-45)36-34-32-30-28-26-24-22-20-18-16-14-12-10-8-6-4-2/h39,41,46H,3-38,40H2,1-2H3. The van der Waals surface area contributed by atoms with Gasteiger partial charge in [0.2, 0.25) is 0 Å². The van der Waals surface area contributed by atoms with E-state index in [-0.39, 0.29) is 6.61 Å². The van der Waals surface area contributed by atoms with E-state index >= 15 is 0 Å². The summed E-state index contributed by atoms with van der Waals surface area (Å²) in [7, 11) is 0. The average molecular weight is 646 g/mol. The van der Waals surface area contributed by atoms with E-state index < -0.39 is 0 Å². The zero-order valence-electron chi connectivity index (χ0n) is 31.6. The summed E-state index contributed by atoms with van der Waals surface area (Å²) in [6, 6.07) is 0. The molecule has 0 aliphatic rings. The number of aromatic nitrogens is 3. The van der Waals surface area contributed by atoms with Crippen molar-refractivity contribution in [2.45, 2.75) is 252 Å². The van der Waals surface area contributed by atoms with Crippen molar-refractivity contribution in [3.8, 4) is 0 Å². The first-order valence-electron chi connectivity index (χ1n) is 21.3. The van der Waals surface area contributed by atoms with Gasteiger partial charge in [0.15, 0.2) is 0 Å². The number of nitrogens with zero attached hydrogens (tertiary/aromatic N) is 3. The smallest absolute Gasteiger partial charge is 0.108 e. The summed E-state index contributed by atoms with van der Waals surface area (Å²) in [4.78, 5) is 0. The Morgan fingerprint density at radius 1 is 0.457 bits per heavy atom. The van der Waals surface area contributed by atoms with Crippen LogP contribution in [0.3, 0.4) is 0 Å². The van der Waals surface area contributed by atoms with E-state index in [9.17, 15) is 5.11 Å². The summed E-state index contributed by atoms with van der Waals surface area (Å²) in [5.74, 6) is 0.691. The fourth-order valence-electron chi connectivity index (χ4n) is 7.23. The Labute approximate surface area is 289 Å². The molecule has 272 valence electrons. The molecule has 1 heterocycles. The van der Waals surface area contributed by atoms with Gasteiger partial charge in [-0.25, -0.2) is 0 Å². The molecular formula is C42H83N3O. The van der Waals surface area contributed by atoms with Crippen LogP contribution in [0.15, 0.2) is 6.20 Å². The van der Waals surface area contributed by atoms with Gasteiger partial charge >= 0.3 is 0 Å². The quantitative estimate of drug-likeness (QED) is 0.0728. The number of aliphatic hydroxyl groups is 1. The summed E-state index contributed by atoms with van der Waals surface area (Å²) in [6.45, 7) is 5.56. The maximum absolute atomic E-state index is 9.39. The Hall–Kier alpha value is -0.900. The summed E-state index contributed by atoms with van der Waals surface area (Å²) >= 11 is 0. The van der Waals surface area contributed by atoms with Crippen LogP contribution in [0.25, 0.3) is 0 Å². The molecule has 46 heavy (non-hydrogen) atoms. The molecule has 0 aliphatic heterocycles. The van der Waals surface area contributed by atoms with Crippen LogP contribution in [0.4, 0.5) is 0 Å². The molecule has 4 nitrogen and oxygen atoms in total. The molecule has 0 saturated carbocycles. The molecule has 1 unspecified atom stereocenters. The van der Waals surface area contributed by atoms with E-state index in [1.807, 2.05) is 10.9 Å². The fourth-order valence-corrected chi connectivity index (χ4v) is 7.23. The molecule has 1 aromatic heterocycles. The van der Waals surface area contributed by atoms with Gasteiger partial charge in [0, 0.05) is 6.54 Å². The molecule has 0 aromatic carbocycles. The topological polar surface area (TPSA) is 50.9 Å². The maximum Gasteiger partial charge on any atom is 0.108 e. The van der Waals surface area contributed by atoms with Crippen LogP contribution in [0.1, 0.15) is 244 Å². The predicted octanol–water partition coefficient (Wildman–Crippen LogP) is 14.1. The molecule has 1 rings (SSSR count). The molecular weight excluding hydrogens is 562 g/mol. The highest BCUT2D eigenvalue weighted by atomic mass is 16.3. The molecule has 1 N–H and O–H groups in total. The van der Waals surface area contributed by atoms with Crippen molar-refractivity contribution in [3.05, 3.63) is 11.9 Å². The molecule has 0 fully saturated rings. The van der Waals surface area contributed by atoms with Gasteiger partial charge in [0.1, 0.15) is 5.69 Å². The van der Waals surface area contributed by atoms with Gasteiger partial charge in [-0.3, -0.25) is 4.68 Å². The van der Waals surface area contributed by atoms with E-state index in [0.29, 0.717) is 11.6 Å².